The molecule has 1 saturated heterocycles. The van der Waals surface area contributed by atoms with Crippen LogP contribution in [-0.4, -0.2) is 67.9 Å². The largest absolute Gasteiger partial charge is 1.00 e. The van der Waals surface area contributed by atoms with Crippen molar-refractivity contribution < 1.29 is 140 Å². The minimum atomic E-state index is -5.83. The first-order chi connectivity index (χ1) is 65.4. The Hall–Kier alpha value is -10.5. The Kier molecular flexibility index (Phi) is 44.6. The Morgan fingerprint density at radius 1 is 0.413 bits per heavy atom. The molecule has 0 radical (unpaired) electrons. The van der Waals surface area contributed by atoms with E-state index in [1.54, 1.807) is 28.9 Å². The van der Waals surface area contributed by atoms with E-state index in [-0.39, 0.29) is 114 Å². The summed E-state index contributed by atoms with van der Waals surface area (Å²) in [5.41, 5.74) is -3.25. The van der Waals surface area contributed by atoms with Crippen LogP contribution in [0.25, 0.3) is 22.2 Å². The Bertz CT molecular complexity index is 6110. The maximum absolute atomic E-state index is 12.9. The number of nitrogens with zero attached hydrogens (tertiary/aromatic N) is 8. The maximum atomic E-state index is 12.9. The van der Waals surface area contributed by atoms with Crippen LogP contribution in [0.3, 0.4) is 0 Å². The third-order valence-electron chi connectivity index (χ3n) is 20.4. The quantitative estimate of drug-likeness (QED) is 0.00953. The van der Waals surface area contributed by atoms with Gasteiger partial charge in [0.2, 0.25) is 11.9 Å². The van der Waals surface area contributed by atoms with Gasteiger partial charge in [0.25, 0.3) is 6.47 Å². The minimum Gasteiger partial charge on any atom is -1.00 e. The molecule has 688 valence electrons. The van der Waals surface area contributed by atoms with Crippen LogP contribution in [0.2, 0.25) is 0 Å². The summed E-state index contributed by atoms with van der Waals surface area (Å²) in [6, 6.07) is 142. The number of pyridine rings is 4. The van der Waals surface area contributed by atoms with E-state index in [2.05, 4.69) is 431 Å². The normalized spacial score (nSPS) is 11.8. The van der Waals surface area contributed by atoms with Gasteiger partial charge in [-0.15, -0.1) is 0 Å². The van der Waals surface area contributed by atoms with Crippen molar-refractivity contribution in [3.63, 3.8) is 0 Å². The Balaban J connectivity index is 0.000000197. The molecule has 1 aliphatic rings. The fourth-order valence-electron chi connectivity index (χ4n) is 13.5. The summed E-state index contributed by atoms with van der Waals surface area (Å²) in [7, 11) is -8.09. The van der Waals surface area contributed by atoms with Gasteiger partial charge in [0.15, 0.2) is 5.75 Å². The summed E-state index contributed by atoms with van der Waals surface area (Å²) in [5, 5.41) is 51.0. The molecule has 1 fully saturated rings. The van der Waals surface area contributed by atoms with Crippen LogP contribution in [0, 0.1) is 34.6 Å². The average molecular weight is 2170 g/mol. The second kappa shape index (κ2) is 55.5. The van der Waals surface area contributed by atoms with Crippen LogP contribution < -0.4 is 138 Å². The molecule has 19 rings (SSSR count). The maximum Gasteiger partial charge on any atom is 1.00 e. The second-order valence-corrected chi connectivity index (χ2v) is 42.2. The predicted molar refractivity (Wildman–Crippen MR) is 543 cm³/mol. The molecule has 0 aliphatic carbocycles. The molecule has 16 nitrogen and oxygen atoms in total. The summed E-state index contributed by atoms with van der Waals surface area (Å²) in [6.45, 7) is 7.72. The van der Waals surface area contributed by atoms with Crippen molar-refractivity contribution in [2.45, 2.75) is 44.4 Å². The smallest absolute Gasteiger partial charge is 1.00 e. The average Bonchev–Trinajstić information content (AvgIpc) is 1.65. The van der Waals surface area contributed by atoms with Crippen molar-refractivity contribution >= 4 is 167 Å². The molecule has 7 heterocycles. The molecular formula is C106H86BBr2F5N8Na2O8P4PdS. The summed E-state index contributed by atoms with van der Waals surface area (Å²) in [6.07, 6.45) is 8.56. The molecule has 18 aromatic rings. The molecular weight excluding hydrogens is 2090 g/mol. The number of fused-ring (bicyclic) bond motifs is 2. The molecule has 0 saturated carbocycles. The third kappa shape index (κ3) is 31.2. The first-order valence-corrected chi connectivity index (χ1v) is 50.0. The van der Waals surface area contributed by atoms with Crippen LogP contribution in [0.4, 0.5) is 22.0 Å². The van der Waals surface area contributed by atoms with E-state index >= 15 is 0 Å². The van der Waals surface area contributed by atoms with Gasteiger partial charge in [-0.2, -0.15) is 51.1 Å². The zero-order valence-corrected chi connectivity index (χ0v) is 88.3. The van der Waals surface area contributed by atoms with Crippen LogP contribution in [-0.2, 0) is 49.5 Å². The molecule has 12 aromatic carbocycles. The molecule has 0 amide bonds. The van der Waals surface area contributed by atoms with Gasteiger partial charge in [-0.3, -0.25) is 4.79 Å². The van der Waals surface area contributed by atoms with Crippen molar-refractivity contribution in [3.8, 4) is 29.0 Å². The van der Waals surface area contributed by atoms with Crippen molar-refractivity contribution in [1.29, 1.82) is 10.5 Å². The summed E-state index contributed by atoms with van der Waals surface area (Å²) < 4.78 is 104. The standard InChI is InChI=1S/4C18H15P.C13H6BrFN4.C11H15BFNO2.C9H3BrF3N3O3S.CH2O3.2Na.Pd.H/c4*1-4-10-16(11-5-1)19(17-12-6-2-7-13-17)18-14-8-3-9-15-18;14-10-3-11(8-1-2-12(15)17-5-8)13-9(4-16)6-18-19(13)7-10;1-10(2)11(3,4)16-12(15-10)8-5-6-9(13)14-7-8;10-6-1-7(19-20(17,18)9(11,12)13)8-5(2-14)3-15-16(8)4-6;2-1-4-3;;;;/h4*1-15H;1-3,5-7H;5-7H,1-4H3;1,3-4H;1,3H;;;;/q;;;;;;;;2*+1;;-1/p-1. The van der Waals surface area contributed by atoms with E-state index in [0.29, 0.717) is 11.1 Å². The van der Waals surface area contributed by atoms with Gasteiger partial charge in [-0.25, -0.2) is 19.0 Å². The fourth-order valence-corrected chi connectivity index (χ4v) is 24.0. The fraction of sp³-hybridized carbons (Fsp3) is 0.0660. The SMILES string of the molecule is CC1(C)OB(c2ccc(F)nc2)OC1(C)C.N#Cc1cnn2cc(Br)cc(-c3ccc(F)nc3)c12.N#Cc1cnn2cc(Br)cc(OS(=O)(=O)C(F)(F)F)c12.O=CO[O-].[H-].[Na+].[Na+].[Pd].c1ccc(P(c2ccccc2)c2ccccc2)cc1.c1ccc(P(c2ccccc2)c2ccccc2)cc1.c1ccc(P(c2ccccc2)c2ccccc2)cc1.c1ccc(P(c2ccccc2)c2ccccc2)cc1. The Labute approximate surface area is 881 Å². The zero-order valence-electron chi connectivity index (χ0n) is 76.2. The topological polar surface area (TPSA) is 219 Å². The first-order valence-electron chi connectivity index (χ1n) is 41.6. The van der Waals surface area contributed by atoms with E-state index in [1.807, 2.05) is 33.8 Å². The van der Waals surface area contributed by atoms with Gasteiger partial charge in [0.05, 0.1) is 34.7 Å². The number of rotatable bonds is 17. The number of benzene rings is 12. The van der Waals surface area contributed by atoms with E-state index < -0.39 is 72.1 Å². The molecule has 1 aliphatic heterocycles. The molecule has 0 N–H and O–H groups in total. The van der Waals surface area contributed by atoms with Gasteiger partial charge in [-0.05, 0) is 185 Å². The molecule has 0 unspecified atom stereocenters. The zero-order chi connectivity index (χ0) is 95.6. The van der Waals surface area contributed by atoms with Gasteiger partial charge in [0.1, 0.15) is 23.2 Å². The van der Waals surface area contributed by atoms with E-state index in [4.69, 9.17) is 29.9 Å². The van der Waals surface area contributed by atoms with Gasteiger partial charge < -0.3 is 25.1 Å². The van der Waals surface area contributed by atoms with Crippen LogP contribution >= 0.6 is 63.5 Å². The summed E-state index contributed by atoms with van der Waals surface area (Å²) >= 11 is 6.36. The first kappa shape index (κ1) is 111. The van der Waals surface area contributed by atoms with Crippen LogP contribution in [0.1, 0.15) is 40.2 Å². The number of aromatic nitrogens is 6. The third-order valence-corrected chi connectivity index (χ3v) is 32.0. The molecule has 0 bridgehead atoms. The Morgan fingerprint density at radius 3 is 0.891 bits per heavy atom. The van der Waals surface area contributed by atoms with Crippen molar-refractivity contribution in [3.05, 3.63) is 470 Å². The number of hydrogen-bond donors (Lipinski definition) is 0. The van der Waals surface area contributed by atoms with Crippen molar-refractivity contribution in [2.24, 2.45) is 0 Å². The van der Waals surface area contributed by atoms with Crippen LogP contribution in [0.5, 0.6) is 5.75 Å². The van der Waals surface area contributed by atoms with Gasteiger partial charge in [-0.1, -0.05) is 370 Å². The summed E-state index contributed by atoms with van der Waals surface area (Å²) in [4.78, 5) is 18.5. The van der Waals surface area contributed by atoms with Gasteiger partial charge in [0, 0.05) is 70.7 Å². The summed E-state index contributed by atoms with van der Waals surface area (Å²) in [5.74, 6) is -1.69. The number of alkyl halides is 3. The van der Waals surface area contributed by atoms with E-state index in [0.717, 1.165) is 37.8 Å². The molecule has 32 heteroatoms. The van der Waals surface area contributed by atoms with E-state index in [1.165, 1.54) is 101 Å². The second-order valence-electron chi connectivity index (χ2n) is 29.9. The van der Waals surface area contributed by atoms with Crippen molar-refractivity contribution in [2.75, 3.05) is 0 Å². The molecule has 138 heavy (non-hydrogen) atoms. The van der Waals surface area contributed by atoms with Crippen molar-refractivity contribution in [1.82, 2.24) is 29.2 Å². The monoisotopic (exact) mass is 2170 g/mol. The van der Waals surface area contributed by atoms with E-state index in [9.17, 15) is 30.4 Å². The predicted octanol–water partition coefficient (Wildman–Crippen LogP) is 13.2. The molecule has 0 atom stereocenters. The van der Waals surface area contributed by atoms with Crippen LogP contribution in [0.15, 0.2) is 447 Å². The number of hydrogen-bond acceptors (Lipinski definition) is 14. The number of carbonyl (C=O) groups is 1. The Morgan fingerprint density at radius 2 is 0.659 bits per heavy atom. The number of halogens is 7. The minimum absolute atomic E-state index is 0. The van der Waals surface area contributed by atoms with Gasteiger partial charge >= 0.3 is 81.9 Å². The number of nitriles is 2. The number of carbonyl (C=O) groups excluding carboxylic acids is 1. The molecule has 6 aromatic heterocycles. The molecule has 0 spiro atoms.